The molecule has 0 unspecified atom stereocenters. The molecule has 2 heterocycles. The lowest BCUT2D eigenvalue weighted by Gasteiger charge is -2.05. The molecule has 19 heavy (non-hydrogen) atoms. The monoisotopic (exact) mass is 299 g/mol. The van der Waals surface area contributed by atoms with Crippen LogP contribution in [0.5, 0.6) is 0 Å². The maximum Gasteiger partial charge on any atom is 0.320 e. The van der Waals surface area contributed by atoms with Crippen molar-refractivity contribution in [3.63, 3.8) is 0 Å². The number of hydrogen-bond donors (Lipinski definition) is 0. The molecule has 0 spiro atoms. The van der Waals surface area contributed by atoms with Crippen LogP contribution in [0.1, 0.15) is 24.9 Å². The highest BCUT2D eigenvalue weighted by molar-refractivity contribution is 8.01. The lowest BCUT2D eigenvalue weighted by atomic mass is 10.4. The molecule has 2 aromatic heterocycles. The molecular weight excluding hydrogens is 286 g/mol. The van der Waals surface area contributed by atoms with Crippen molar-refractivity contribution in [2.24, 2.45) is 4.99 Å². The molecule has 0 bridgehead atoms. The molecule has 0 fully saturated rings. The van der Waals surface area contributed by atoms with Crippen LogP contribution >= 0.6 is 23.1 Å². The summed E-state index contributed by atoms with van der Waals surface area (Å²) < 4.78 is 7.31. The number of nitrogens with zero attached hydrogens (tertiary/aromatic N) is 5. The molecule has 0 aliphatic heterocycles. The standard InChI is InChI=1S/C10H13N5O2S2/c1-6(2)15-4-9(17-14-15)11-8(16)5-18-10-13-12-7(3)19-10/h4,6H,5H2,1-3H3. The van der Waals surface area contributed by atoms with Crippen molar-refractivity contribution in [2.75, 3.05) is 5.75 Å². The maximum atomic E-state index is 11.6. The van der Waals surface area contributed by atoms with Gasteiger partial charge in [0.15, 0.2) is 10.4 Å². The predicted octanol–water partition coefficient (Wildman–Crippen LogP) is 0.886. The second-order valence-electron chi connectivity index (χ2n) is 4.00. The molecule has 0 radical (unpaired) electrons. The van der Waals surface area contributed by atoms with Crippen LogP contribution in [0.3, 0.4) is 0 Å². The Morgan fingerprint density at radius 1 is 1.58 bits per heavy atom. The van der Waals surface area contributed by atoms with Crippen LogP contribution in [0, 0.1) is 6.92 Å². The average Bonchev–Trinajstić information content (AvgIpc) is 2.96. The van der Waals surface area contributed by atoms with Gasteiger partial charge in [-0.3, -0.25) is 4.52 Å². The van der Waals surface area contributed by atoms with Crippen molar-refractivity contribution in [1.82, 2.24) is 15.5 Å². The second-order valence-corrected chi connectivity index (χ2v) is 6.40. The van der Waals surface area contributed by atoms with Crippen LogP contribution in [-0.2, 0) is 0 Å². The molecular formula is C10H13N5O2S2. The Balaban J connectivity index is 1.94. The quantitative estimate of drug-likeness (QED) is 0.352. The summed E-state index contributed by atoms with van der Waals surface area (Å²) in [6.07, 6.45) is 1.60. The predicted molar refractivity (Wildman–Crippen MR) is 69.5 cm³/mol. The maximum absolute atomic E-state index is 11.6. The summed E-state index contributed by atoms with van der Waals surface area (Å²) in [7, 11) is 0. The molecule has 0 N–H and O–H groups in total. The van der Waals surface area contributed by atoms with Gasteiger partial charge in [-0.1, -0.05) is 23.1 Å². The van der Waals surface area contributed by atoms with E-state index in [1.165, 1.54) is 23.1 Å². The zero-order valence-corrected chi connectivity index (χ0v) is 12.4. The van der Waals surface area contributed by atoms with Crippen LogP contribution in [-0.4, -0.2) is 27.1 Å². The molecule has 102 valence electrons. The van der Waals surface area contributed by atoms with Gasteiger partial charge < -0.3 is 5.11 Å². The molecule has 0 aromatic carbocycles. The Kier molecular flexibility index (Phi) is 4.48. The van der Waals surface area contributed by atoms with E-state index in [2.05, 4.69) is 20.5 Å². The van der Waals surface area contributed by atoms with Crippen LogP contribution in [0.25, 0.3) is 0 Å². The second kappa shape index (κ2) is 6.11. The summed E-state index contributed by atoms with van der Waals surface area (Å²) in [6, 6.07) is 0.168. The molecule has 0 aliphatic carbocycles. The molecule has 0 aliphatic rings. The first-order valence-electron chi connectivity index (χ1n) is 5.60. The van der Waals surface area contributed by atoms with E-state index in [0.29, 0.717) is 0 Å². The molecule has 0 amide bonds. The Morgan fingerprint density at radius 2 is 2.37 bits per heavy atom. The Morgan fingerprint density at radius 3 is 2.95 bits per heavy atom. The highest BCUT2D eigenvalue weighted by Gasteiger charge is 2.13. The normalized spacial score (nSPS) is 12.3. The summed E-state index contributed by atoms with van der Waals surface area (Å²) in [5.74, 6) is 0.134. The number of hydrogen-bond acceptors (Lipinski definition) is 8. The molecule has 0 saturated heterocycles. The fourth-order valence-corrected chi connectivity index (χ4v) is 2.76. The van der Waals surface area contributed by atoms with Crippen molar-refractivity contribution in [3.05, 3.63) is 11.2 Å². The molecule has 0 atom stereocenters. The Bertz CT molecular complexity index is 578. The average molecular weight is 299 g/mol. The first-order valence-corrected chi connectivity index (χ1v) is 7.40. The van der Waals surface area contributed by atoms with E-state index >= 15 is 0 Å². The van der Waals surface area contributed by atoms with E-state index in [4.69, 9.17) is 4.52 Å². The molecule has 0 saturated carbocycles. The largest absolute Gasteiger partial charge is 0.861 e. The van der Waals surface area contributed by atoms with Gasteiger partial charge >= 0.3 is 5.88 Å². The lowest BCUT2D eigenvalue weighted by Crippen LogP contribution is -2.36. The molecule has 9 heteroatoms. The summed E-state index contributed by atoms with van der Waals surface area (Å²) in [5.41, 5.74) is 0. The van der Waals surface area contributed by atoms with Gasteiger partial charge in [-0.15, -0.1) is 10.2 Å². The topological polar surface area (TPSA) is 91.1 Å². The van der Waals surface area contributed by atoms with Crippen molar-refractivity contribution >= 4 is 34.9 Å². The van der Waals surface area contributed by atoms with Crippen molar-refractivity contribution in [3.8, 4) is 0 Å². The summed E-state index contributed by atoms with van der Waals surface area (Å²) in [5, 5.41) is 24.1. The van der Waals surface area contributed by atoms with Crippen LogP contribution in [0.4, 0.5) is 5.88 Å². The van der Waals surface area contributed by atoms with Crippen LogP contribution in [0.15, 0.2) is 20.1 Å². The smallest absolute Gasteiger partial charge is 0.320 e. The lowest BCUT2D eigenvalue weighted by molar-refractivity contribution is -0.779. The van der Waals surface area contributed by atoms with Crippen molar-refractivity contribution in [2.45, 2.75) is 31.2 Å². The van der Waals surface area contributed by atoms with Gasteiger partial charge in [-0.2, -0.15) is 0 Å². The van der Waals surface area contributed by atoms with Crippen molar-refractivity contribution < 1.29 is 14.3 Å². The first kappa shape index (κ1) is 13.9. The van der Waals surface area contributed by atoms with Gasteiger partial charge in [0.25, 0.3) is 6.20 Å². The molecule has 2 aromatic rings. The minimum atomic E-state index is -0.287. The van der Waals surface area contributed by atoms with Gasteiger partial charge in [0, 0.05) is 5.75 Å². The summed E-state index contributed by atoms with van der Waals surface area (Å²) in [4.78, 5) is 3.83. The third kappa shape index (κ3) is 4.00. The number of rotatable bonds is 5. The fourth-order valence-electron chi connectivity index (χ4n) is 1.16. The summed E-state index contributed by atoms with van der Waals surface area (Å²) in [6.45, 7) is 5.79. The fraction of sp³-hybridized carbons (Fsp3) is 0.500. The summed E-state index contributed by atoms with van der Waals surface area (Å²) >= 11 is 2.77. The van der Waals surface area contributed by atoms with Crippen LogP contribution in [0.2, 0.25) is 0 Å². The number of aliphatic imine (C=N–C) groups is 1. The van der Waals surface area contributed by atoms with E-state index < -0.39 is 0 Å². The minimum absolute atomic E-state index is 0.168. The van der Waals surface area contributed by atoms with E-state index in [1.54, 1.807) is 10.9 Å². The zero-order valence-electron chi connectivity index (χ0n) is 10.7. The first-order chi connectivity index (χ1) is 9.04. The van der Waals surface area contributed by atoms with E-state index in [0.717, 1.165) is 9.35 Å². The SMILES string of the molecule is Cc1nnc(SC/C([O-])=N/c2c[n+](C(C)C)no2)s1. The number of aryl methyl sites for hydroxylation is 1. The van der Waals surface area contributed by atoms with Gasteiger partial charge in [0.05, 0.1) is 0 Å². The van der Waals surface area contributed by atoms with Gasteiger partial charge in [0.1, 0.15) is 5.01 Å². The highest BCUT2D eigenvalue weighted by atomic mass is 32.2. The van der Waals surface area contributed by atoms with E-state index in [9.17, 15) is 5.11 Å². The number of aromatic nitrogens is 4. The van der Waals surface area contributed by atoms with Gasteiger partial charge in [0.2, 0.25) is 5.27 Å². The van der Waals surface area contributed by atoms with E-state index in [1.807, 2.05) is 20.8 Å². The van der Waals surface area contributed by atoms with Crippen LogP contribution < -0.4 is 9.79 Å². The third-order valence-corrected chi connectivity index (χ3v) is 4.02. The van der Waals surface area contributed by atoms with Gasteiger partial charge in [-0.25, -0.2) is 4.99 Å². The Labute approximate surface area is 118 Å². The Hall–Kier alpha value is -1.48. The minimum Gasteiger partial charge on any atom is -0.861 e. The van der Waals surface area contributed by atoms with E-state index in [-0.39, 0.29) is 23.6 Å². The molecule has 2 rings (SSSR count). The third-order valence-electron chi connectivity index (χ3n) is 2.06. The number of thioether (sulfide) groups is 1. The van der Waals surface area contributed by atoms with Crippen molar-refractivity contribution in [1.29, 1.82) is 0 Å². The molecule has 7 nitrogen and oxygen atoms in total. The zero-order chi connectivity index (χ0) is 13.8. The highest BCUT2D eigenvalue weighted by Crippen LogP contribution is 2.21. The van der Waals surface area contributed by atoms with Gasteiger partial charge in [-0.05, 0) is 31.4 Å².